The van der Waals surface area contributed by atoms with Gasteiger partial charge in [-0.15, -0.1) is 11.8 Å². The molecule has 0 spiro atoms. The van der Waals surface area contributed by atoms with Crippen LogP contribution in [0, 0.1) is 0 Å². The topological polar surface area (TPSA) is 38.8 Å². The van der Waals surface area contributed by atoms with Crippen LogP contribution in [0.15, 0.2) is 42.5 Å². The van der Waals surface area contributed by atoms with Crippen LogP contribution in [-0.2, 0) is 4.79 Å². The van der Waals surface area contributed by atoms with Crippen molar-refractivity contribution < 1.29 is 14.3 Å². The van der Waals surface area contributed by atoms with Crippen molar-refractivity contribution in [2.24, 2.45) is 0 Å². The number of hydrogen-bond acceptors (Lipinski definition) is 4. The molecule has 1 amide bonds. The third kappa shape index (κ3) is 4.10. The van der Waals surface area contributed by atoms with E-state index < -0.39 is 0 Å². The number of thioether (sulfide) groups is 1. The maximum absolute atomic E-state index is 12.5. The Balaban J connectivity index is 1.92. The van der Waals surface area contributed by atoms with Crippen LogP contribution in [-0.4, -0.2) is 24.9 Å². The van der Waals surface area contributed by atoms with Crippen LogP contribution in [0.5, 0.6) is 11.5 Å². The summed E-state index contributed by atoms with van der Waals surface area (Å²) in [6, 6.07) is 13.3. The summed E-state index contributed by atoms with van der Waals surface area (Å²) in [6.45, 7) is 5.22. The fourth-order valence-electron chi connectivity index (χ4n) is 2.83. The molecule has 0 unspecified atom stereocenters. The van der Waals surface area contributed by atoms with E-state index in [9.17, 15) is 4.79 Å². The number of anilines is 1. The summed E-state index contributed by atoms with van der Waals surface area (Å²) in [5.41, 5.74) is 1.86. The lowest BCUT2D eigenvalue weighted by atomic mass is 10.1. The van der Waals surface area contributed by atoms with Gasteiger partial charge in [0.1, 0.15) is 5.37 Å². The molecule has 1 aliphatic rings. The Kier molecular flexibility index (Phi) is 6.33. The normalized spacial score (nSPS) is 16.8. The van der Waals surface area contributed by atoms with Gasteiger partial charge in [-0.25, -0.2) is 0 Å². The molecule has 0 bridgehead atoms. The van der Waals surface area contributed by atoms with Gasteiger partial charge in [0.05, 0.1) is 19.0 Å². The molecule has 26 heavy (non-hydrogen) atoms. The van der Waals surface area contributed by atoms with Gasteiger partial charge in [-0.05, 0) is 55.3 Å². The van der Waals surface area contributed by atoms with E-state index in [1.54, 1.807) is 23.9 Å². The molecular formula is C20H22ClNO3S. The summed E-state index contributed by atoms with van der Waals surface area (Å²) in [5.74, 6) is 2.00. The molecule has 1 saturated heterocycles. The lowest BCUT2D eigenvalue weighted by molar-refractivity contribution is -0.115. The van der Waals surface area contributed by atoms with E-state index in [0.717, 1.165) is 29.2 Å². The summed E-state index contributed by atoms with van der Waals surface area (Å²) in [6.07, 6.45) is 0.935. The van der Waals surface area contributed by atoms with Crippen molar-refractivity contribution in [1.82, 2.24) is 0 Å². The van der Waals surface area contributed by atoms with E-state index in [0.29, 0.717) is 24.0 Å². The van der Waals surface area contributed by atoms with Gasteiger partial charge in [0.2, 0.25) is 5.91 Å². The van der Waals surface area contributed by atoms with Crippen molar-refractivity contribution in [3.05, 3.63) is 53.1 Å². The number of rotatable bonds is 7. The maximum Gasteiger partial charge on any atom is 0.238 e. The second-order valence-corrected chi connectivity index (χ2v) is 7.40. The molecule has 2 aromatic carbocycles. The van der Waals surface area contributed by atoms with Crippen molar-refractivity contribution in [3.63, 3.8) is 0 Å². The van der Waals surface area contributed by atoms with Gasteiger partial charge in [0.15, 0.2) is 11.5 Å². The highest BCUT2D eigenvalue weighted by molar-refractivity contribution is 8.00. The van der Waals surface area contributed by atoms with E-state index in [2.05, 4.69) is 6.92 Å². The van der Waals surface area contributed by atoms with Crippen molar-refractivity contribution in [1.29, 1.82) is 0 Å². The SMILES string of the molecule is CCCOc1ccc([C@H]2SCC(=O)N2c2ccc(Cl)cc2)cc1OCC. The van der Waals surface area contributed by atoms with Crippen LogP contribution in [0.25, 0.3) is 0 Å². The van der Waals surface area contributed by atoms with Crippen molar-refractivity contribution in [2.45, 2.75) is 25.6 Å². The number of carbonyl (C=O) groups is 1. The highest BCUT2D eigenvalue weighted by Crippen LogP contribution is 2.44. The standard InChI is InChI=1S/C20H22ClNO3S/c1-3-11-25-17-10-5-14(12-18(17)24-4-2)20-22(19(23)13-26-20)16-8-6-15(21)7-9-16/h5-10,12,20H,3-4,11,13H2,1-2H3/t20-/m1/s1. The summed E-state index contributed by atoms with van der Waals surface area (Å²) < 4.78 is 11.5. The Bertz CT molecular complexity index is 766. The van der Waals surface area contributed by atoms with Gasteiger partial charge in [-0.3, -0.25) is 9.69 Å². The number of nitrogens with zero attached hydrogens (tertiary/aromatic N) is 1. The molecule has 138 valence electrons. The van der Waals surface area contributed by atoms with Gasteiger partial charge in [0.25, 0.3) is 0 Å². The minimum absolute atomic E-state index is 0.0894. The quantitative estimate of drug-likeness (QED) is 0.641. The van der Waals surface area contributed by atoms with Crippen molar-refractivity contribution in [3.8, 4) is 11.5 Å². The highest BCUT2D eigenvalue weighted by Gasteiger charge is 2.34. The first-order valence-electron chi connectivity index (χ1n) is 8.72. The molecule has 1 atom stereocenters. The Labute approximate surface area is 163 Å². The smallest absolute Gasteiger partial charge is 0.238 e. The van der Waals surface area contributed by atoms with Crippen molar-refractivity contribution in [2.75, 3.05) is 23.9 Å². The zero-order chi connectivity index (χ0) is 18.5. The lowest BCUT2D eigenvalue weighted by Gasteiger charge is -2.25. The molecule has 0 saturated carbocycles. The van der Waals surface area contributed by atoms with Crippen LogP contribution in [0.2, 0.25) is 5.02 Å². The third-order valence-electron chi connectivity index (χ3n) is 3.99. The van der Waals surface area contributed by atoms with Gasteiger partial charge >= 0.3 is 0 Å². The first-order chi connectivity index (χ1) is 12.6. The summed E-state index contributed by atoms with van der Waals surface area (Å²) in [5, 5.41) is 0.559. The van der Waals surface area contributed by atoms with Crippen LogP contribution in [0.1, 0.15) is 31.2 Å². The number of benzene rings is 2. The summed E-state index contributed by atoms with van der Waals surface area (Å²) in [4.78, 5) is 14.3. The Morgan fingerprint density at radius 1 is 1.12 bits per heavy atom. The average molecular weight is 392 g/mol. The fourth-order valence-corrected chi connectivity index (χ4v) is 4.12. The van der Waals surface area contributed by atoms with Gasteiger partial charge < -0.3 is 9.47 Å². The predicted molar refractivity (Wildman–Crippen MR) is 108 cm³/mol. The summed E-state index contributed by atoms with van der Waals surface area (Å²) in [7, 11) is 0. The largest absolute Gasteiger partial charge is 0.490 e. The number of ether oxygens (including phenoxy) is 2. The molecule has 4 nitrogen and oxygen atoms in total. The molecule has 0 aromatic heterocycles. The molecule has 1 aliphatic heterocycles. The fraction of sp³-hybridized carbons (Fsp3) is 0.350. The van der Waals surface area contributed by atoms with Gasteiger partial charge in [-0.1, -0.05) is 24.6 Å². The number of carbonyl (C=O) groups excluding carboxylic acids is 1. The molecule has 6 heteroatoms. The van der Waals surface area contributed by atoms with E-state index in [1.807, 2.05) is 42.2 Å². The predicted octanol–water partition coefficient (Wildman–Crippen LogP) is 5.31. The van der Waals surface area contributed by atoms with Crippen LogP contribution < -0.4 is 14.4 Å². The average Bonchev–Trinajstić information content (AvgIpc) is 3.03. The van der Waals surface area contributed by atoms with Gasteiger partial charge in [0, 0.05) is 10.7 Å². The zero-order valence-electron chi connectivity index (χ0n) is 14.9. The number of halogens is 1. The van der Waals surface area contributed by atoms with E-state index in [4.69, 9.17) is 21.1 Å². The Hall–Kier alpha value is -1.85. The second-order valence-electron chi connectivity index (χ2n) is 5.89. The summed E-state index contributed by atoms with van der Waals surface area (Å²) >= 11 is 7.59. The molecule has 1 heterocycles. The third-order valence-corrected chi connectivity index (χ3v) is 5.45. The van der Waals surface area contributed by atoms with Crippen LogP contribution >= 0.6 is 23.4 Å². The molecule has 0 radical (unpaired) electrons. The number of hydrogen-bond donors (Lipinski definition) is 0. The van der Waals surface area contributed by atoms with Crippen molar-refractivity contribution >= 4 is 35.0 Å². The lowest BCUT2D eigenvalue weighted by Crippen LogP contribution is -2.27. The Morgan fingerprint density at radius 3 is 2.58 bits per heavy atom. The molecule has 0 aliphatic carbocycles. The van der Waals surface area contributed by atoms with E-state index >= 15 is 0 Å². The minimum Gasteiger partial charge on any atom is -0.490 e. The van der Waals surface area contributed by atoms with Crippen LogP contribution in [0.3, 0.4) is 0 Å². The Morgan fingerprint density at radius 2 is 1.88 bits per heavy atom. The van der Waals surface area contributed by atoms with E-state index in [-0.39, 0.29) is 11.3 Å². The highest BCUT2D eigenvalue weighted by atomic mass is 35.5. The van der Waals surface area contributed by atoms with Crippen LogP contribution in [0.4, 0.5) is 5.69 Å². The molecule has 1 fully saturated rings. The maximum atomic E-state index is 12.5. The molecule has 3 rings (SSSR count). The monoisotopic (exact) mass is 391 g/mol. The molecule has 0 N–H and O–H groups in total. The van der Waals surface area contributed by atoms with E-state index in [1.165, 1.54) is 0 Å². The second kappa shape index (κ2) is 8.69. The zero-order valence-corrected chi connectivity index (χ0v) is 16.5. The first-order valence-corrected chi connectivity index (χ1v) is 10.2. The number of amides is 1. The first kappa shape index (κ1) is 18.9. The molecule has 2 aromatic rings. The van der Waals surface area contributed by atoms with Gasteiger partial charge in [-0.2, -0.15) is 0 Å². The molecular weight excluding hydrogens is 370 g/mol. The minimum atomic E-state index is -0.0943.